The molecule has 1 unspecified atom stereocenters. The highest BCUT2D eigenvalue weighted by Gasteiger charge is 2.32. The fourth-order valence-corrected chi connectivity index (χ4v) is 3.52. The normalized spacial score (nSPS) is 31.4. The largest absolute Gasteiger partial charge is 0.378 e. The van der Waals surface area contributed by atoms with Gasteiger partial charge in [-0.15, -0.1) is 0 Å². The second kappa shape index (κ2) is 6.72. The second-order valence-electron chi connectivity index (χ2n) is 5.90. The number of nitrogens with one attached hydrogen (secondary N) is 1. The van der Waals surface area contributed by atoms with Crippen LogP contribution < -0.4 is 11.3 Å². The van der Waals surface area contributed by atoms with Crippen LogP contribution in [0.4, 0.5) is 0 Å². The standard InChI is InChI=1S/C14H28N2O/c1-2-17-14-9-12(10-14)8-13(16-15)7-11-5-3-4-6-11/h11-14,16H,2-10,15H2,1H3. The van der Waals surface area contributed by atoms with Crippen LogP contribution in [0.3, 0.4) is 0 Å². The summed E-state index contributed by atoms with van der Waals surface area (Å²) in [6.07, 6.45) is 11.3. The quantitative estimate of drug-likeness (QED) is 0.531. The third-order valence-corrected chi connectivity index (χ3v) is 4.54. The molecule has 2 aliphatic rings. The van der Waals surface area contributed by atoms with E-state index in [9.17, 15) is 0 Å². The first-order valence-electron chi connectivity index (χ1n) is 7.39. The highest BCUT2D eigenvalue weighted by Crippen LogP contribution is 2.36. The van der Waals surface area contributed by atoms with Crippen LogP contribution in [0.15, 0.2) is 0 Å². The van der Waals surface area contributed by atoms with Gasteiger partial charge >= 0.3 is 0 Å². The third kappa shape index (κ3) is 3.94. The maximum atomic E-state index is 5.69. The molecule has 2 aliphatic carbocycles. The Morgan fingerprint density at radius 3 is 2.41 bits per heavy atom. The zero-order valence-electron chi connectivity index (χ0n) is 11.2. The van der Waals surface area contributed by atoms with Gasteiger partial charge in [0.05, 0.1) is 6.10 Å². The predicted octanol–water partition coefficient (Wildman–Crippen LogP) is 2.60. The number of hydrazine groups is 1. The van der Waals surface area contributed by atoms with Crippen molar-refractivity contribution in [3.63, 3.8) is 0 Å². The zero-order valence-corrected chi connectivity index (χ0v) is 11.2. The van der Waals surface area contributed by atoms with E-state index in [2.05, 4.69) is 12.3 Å². The van der Waals surface area contributed by atoms with E-state index in [1.165, 1.54) is 51.4 Å². The molecule has 0 radical (unpaired) electrons. The van der Waals surface area contributed by atoms with Crippen molar-refractivity contribution in [3.8, 4) is 0 Å². The summed E-state index contributed by atoms with van der Waals surface area (Å²) in [6, 6.07) is 0.533. The van der Waals surface area contributed by atoms with Gasteiger partial charge in [0.2, 0.25) is 0 Å². The van der Waals surface area contributed by atoms with Gasteiger partial charge in [0, 0.05) is 12.6 Å². The topological polar surface area (TPSA) is 47.3 Å². The van der Waals surface area contributed by atoms with E-state index >= 15 is 0 Å². The predicted molar refractivity (Wildman–Crippen MR) is 70.4 cm³/mol. The van der Waals surface area contributed by atoms with Gasteiger partial charge in [-0.1, -0.05) is 25.7 Å². The first-order chi connectivity index (χ1) is 8.31. The Bertz CT molecular complexity index is 210. The van der Waals surface area contributed by atoms with E-state index < -0.39 is 0 Å². The summed E-state index contributed by atoms with van der Waals surface area (Å²) in [7, 11) is 0. The molecule has 3 heteroatoms. The Balaban J connectivity index is 1.62. The molecule has 0 spiro atoms. The lowest BCUT2D eigenvalue weighted by molar-refractivity contribution is -0.0296. The molecule has 17 heavy (non-hydrogen) atoms. The van der Waals surface area contributed by atoms with Gasteiger partial charge in [-0.3, -0.25) is 11.3 Å². The van der Waals surface area contributed by atoms with Crippen LogP contribution in [-0.4, -0.2) is 18.8 Å². The Morgan fingerprint density at radius 2 is 1.82 bits per heavy atom. The van der Waals surface area contributed by atoms with Crippen LogP contribution in [0.1, 0.15) is 58.3 Å². The average molecular weight is 240 g/mol. The van der Waals surface area contributed by atoms with E-state index in [0.717, 1.165) is 18.4 Å². The molecule has 0 aromatic carbocycles. The van der Waals surface area contributed by atoms with E-state index in [-0.39, 0.29) is 0 Å². The number of nitrogens with two attached hydrogens (primary N) is 1. The lowest BCUT2D eigenvalue weighted by Gasteiger charge is -2.37. The maximum Gasteiger partial charge on any atom is 0.0580 e. The number of ether oxygens (including phenoxy) is 1. The molecular weight excluding hydrogens is 212 g/mol. The summed E-state index contributed by atoms with van der Waals surface area (Å²) in [4.78, 5) is 0. The number of hydrogen-bond donors (Lipinski definition) is 2. The Labute approximate surface area is 105 Å². The molecule has 0 aromatic rings. The van der Waals surface area contributed by atoms with Crippen molar-refractivity contribution in [1.82, 2.24) is 5.43 Å². The highest BCUT2D eigenvalue weighted by atomic mass is 16.5. The van der Waals surface area contributed by atoms with Gasteiger partial charge in [0.15, 0.2) is 0 Å². The van der Waals surface area contributed by atoms with Crippen molar-refractivity contribution in [2.24, 2.45) is 17.7 Å². The summed E-state index contributed by atoms with van der Waals surface area (Å²) in [5, 5.41) is 0. The lowest BCUT2D eigenvalue weighted by atomic mass is 9.77. The van der Waals surface area contributed by atoms with Crippen LogP contribution >= 0.6 is 0 Å². The molecule has 2 fully saturated rings. The maximum absolute atomic E-state index is 5.69. The minimum Gasteiger partial charge on any atom is -0.378 e. The minimum atomic E-state index is 0.533. The molecule has 0 aromatic heterocycles. The SMILES string of the molecule is CCOC1CC(CC(CC2CCCC2)NN)C1. The van der Waals surface area contributed by atoms with E-state index in [0.29, 0.717) is 12.1 Å². The number of hydrogen-bond acceptors (Lipinski definition) is 3. The van der Waals surface area contributed by atoms with Gasteiger partial charge < -0.3 is 4.74 Å². The van der Waals surface area contributed by atoms with Gasteiger partial charge in [0.25, 0.3) is 0 Å². The molecule has 1 atom stereocenters. The van der Waals surface area contributed by atoms with Crippen molar-refractivity contribution in [2.45, 2.75) is 70.4 Å². The Hall–Kier alpha value is -0.120. The molecule has 100 valence electrons. The van der Waals surface area contributed by atoms with Crippen LogP contribution in [0.5, 0.6) is 0 Å². The van der Waals surface area contributed by atoms with Crippen molar-refractivity contribution < 1.29 is 4.74 Å². The molecule has 2 saturated carbocycles. The zero-order chi connectivity index (χ0) is 12.1. The third-order valence-electron chi connectivity index (χ3n) is 4.54. The Morgan fingerprint density at radius 1 is 1.18 bits per heavy atom. The molecule has 0 amide bonds. The van der Waals surface area contributed by atoms with Crippen molar-refractivity contribution in [3.05, 3.63) is 0 Å². The van der Waals surface area contributed by atoms with E-state index in [4.69, 9.17) is 10.6 Å². The summed E-state index contributed by atoms with van der Waals surface area (Å²) < 4.78 is 5.61. The van der Waals surface area contributed by atoms with Crippen LogP contribution in [0.25, 0.3) is 0 Å². The van der Waals surface area contributed by atoms with Gasteiger partial charge in [0.1, 0.15) is 0 Å². The summed E-state index contributed by atoms with van der Waals surface area (Å²) in [6.45, 7) is 2.94. The molecule has 2 rings (SSSR count). The second-order valence-corrected chi connectivity index (χ2v) is 5.90. The smallest absolute Gasteiger partial charge is 0.0580 e. The summed E-state index contributed by atoms with van der Waals surface area (Å²) in [5.74, 6) is 7.46. The van der Waals surface area contributed by atoms with Crippen molar-refractivity contribution >= 4 is 0 Å². The fourth-order valence-electron chi connectivity index (χ4n) is 3.52. The summed E-state index contributed by atoms with van der Waals surface area (Å²) >= 11 is 0. The summed E-state index contributed by atoms with van der Waals surface area (Å²) in [5.41, 5.74) is 3.03. The lowest BCUT2D eigenvalue weighted by Crippen LogP contribution is -2.41. The molecular formula is C14H28N2O. The molecule has 0 saturated heterocycles. The minimum absolute atomic E-state index is 0.533. The van der Waals surface area contributed by atoms with Crippen molar-refractivity contribution in [2.75, 3.05) is 6.61 Å². The van der Waals surface area contributed by atoms with E-state index in [1.807, 2.05) is 0 Å². The molecule has 3 N–H and O–H groups in total. The molecule has 3 nitrogen and oxygen atoms in total. The van der Waals surface area contributed by atoms with Gasteiger partial charge in [-0.05, 0) is 44.4 Å². The monoisotopic (exact) mass is 240 g/mol. The fraction of sp³-hybridized carbons (Fsp3) is 1.00. The first-order valence-corrected chi connectivity index (χ1v) is 7.39. The Kier molecular flexibility index (Phi) is 5.26. The molecule has 0 heterocycles. The van der Waals surface area contributed by atoms with Crippen LogP contribution in [-0.2, 0) is 4.74 Å². The molecule has 0 aliphatic heterocycles. The van der Waals surface area contributed by atoms with Gasteiger partial charge in [-0.2, -0.15) is 0 Å². The van der Waals surface area contributed by atoms with Gasteiger partial charge in [-0.25, -0.2) is 0 Å². The van der Waals surface area contributed by atoms with Crippen LogP contribution in [0.2, 0.25) is 0 Å². The number of rotatable bonds is 7. The first kappa shape index (κ1) is 13.3. The molecule has 0 bridgehead atoms. The van der Waals surface area contributed by atoms with Crippen LogP contribution in [0, 0.1) is 11.8 Å². The highest BCUT2D eigenvalue weighted by molar-refractivity contribution is 4.85. The van der Waals surface area contributed by atoms with E-state index in [1.54, 1.807) is 0 Å². The average Bonchev–Trinajstić information content (AvgIpc) is 2.77. The van der Waals surface area contributed by atoms with Crippen molar-refractivity contribution in [1.29, 1.82) is 0 Å².